The molecule has 2 aromatic rings. The van der Waals surface area contributed by atoms with Crippen LogP contribution in [0.4, 0.5) is 11.6 Å². The predicted molar refractivity (Wildman–Crippen MR) is 76.3 cm³/mol. The molecule has 0 saturated carbocycles. The number of hydrogen-bond acceptors (Lipinski definition) is 3. The first-order valence-corrected chi connectivity index (χ1v) is 6.53. The number of methoxy groups -OCH3 is 1. The van der Waals surface area contributed by atoms with Crippen LogP contribution >= 0.6 is 15.9 Å². The largest absolute Gasteiger partial charge is 0.383 e. The first-order chi connectivity index (χ1) is 8.69. The fraction of sp³-hybridized carbons (Fsp3) is 0.308. The zero-order valence-electron chi connectivity index (χ0n) is 10.5. The van der Waals surface area contributed by atoms with Crippen LogP contribution in [-0.2, 0) is 11.3 Å². The summed E-state index contributed by atoms with van der Waals surface area (Å²) in [4.78, 5) is 4.47. The van der Waals surface area contributed by atoms with E-state index in [1.165, 1.54) is 0 Å². The van der Waals surface area contributed by atoms with Crippen LogP contribution in [0.5, 0.6) is 0 Å². The Kier molecular flexibility index (Phi) is 4.38. The fourth-order valence-electron chi connectivity index (χ4n) is 1.70. The topological polar surface area (TPSA) is 39.1 Å². The van der Waals surface area contributed by atoms with Gasteiger partial charge in [0.25, 0.3) is 0 Å². The molecule has 0 atom stereocenters. The molecule has 0 bridgehead atoms. The normalized spacial score (nSPS) is 10.6. The second-order valence-electron chi connectivity index (χ2n) is 4.03. The van der Waals surface area contributed by atoms with Crippen LogP contribution in [0.2, 0.25) is 0 Å². The SMILES string of the molecule is COCCn1cc(C)nc1Nc1cccc(Br)c1. The third-order valence-corrected chi connectivity index (χ3v) is 3.01. The summed E-state index contributed by atoms with van der Waals surface area (Å²) >= 11 is 3.45. The number of hydrogen-bond donors (Lipinski definition) is 1. The number of anilines is 2. The molecule has 0 fully saturated rings. The zero-order valence-corrected chi connectivity index (χ0v) is 12.1. The molecule has 0 unspecified atom stereocenters. The van der Waals surface area contributed by atoms with Gasteiger partial charge in [0.05, 0.1) is 12.3 Å². The Balaban J connectivity index is 2.17. The van der Waals surface area contributed by atoms with Gasteiger partial charge >= 0.3 is 0 Å². The Morgan fingerprint density at radius 2 is 2.28 bits per heavy atom. The molecule has 1 aromatic heterocycles. The van der Waals surface area contributed by atoms with Crippen molar-refractivity contribution in [2.75, 3.05) is 19.0 Å². The van der Waals surface area contributed by atoms with E-state index in [0.29, 0.717) is 6.61 Å². The van der Waals surface area contributed by atoms with E-state index >= 15 is 0 Å². The third kappa shape index (κ3) is 3.34. The molecule has 0 spiro atoms. The molecule has 2 rings (SSSR count). The van der Waals surface area contributed by atoms with Gasteiger partial charge in [0.15, 0.2) is 0 Å². The lowest BCUT2D eigenvalue weighted by atomic mass is 10.3. The molecule has 0 aliphatic carbocycles. The minimum absolute atomic E-state index is 0.670. The van der Waals surface area contributed by atoms with Crippen molar-refractivity contribution in [3.05, 3.63) is 40.6 Å². The van der Waals surface area contributed by atoms with Crippen molar-refractivity contribution >= 4 is 27.6 Å². The van der Waals surface area contributed by atoms with Crippen LogP contribution < -0.4 is 5.32 Å². The molecule has 4 nitrogen and oxygen atoms in total. The fourth-order valence-corrected chi connectivity index (χ4v) is 2.10. The zero-order chi connectivity index (χ0) is 13.0. The Morgan fingerprint density at radius 3 is 3.00 bits per heavy atom. The van der Waals surface area contributed by atoms with E-state index in [-0.39, 0.29) is 0 Å². The monoisotopic (exact) mass is 309 g/mol. The molecule has 0 aliphatic rings. The number of nitrogens with zero attached hydrogens (tertiary/aromatic N) is 2. The van der Waals surface area contributed by atoms with Crippen LogP contribution in [0.3, 0.4) is 0 Å². The van der Waals surface area contributed by atoms with Gasteiger partial charge in [0, 0.05) is 30.0 Å². The lowest BCUT2D eigenvalue weighted by Gasteiger charge is -2.09. The molecule has 5 heteroatoms. The van der Waals surface area contributed by atoms with E-state index in [4.69, 9.17) is 4.74 Å². The van der Waals surface area contributed by atoms with Crippen molar-refractivity contribution in [3.8, 4) is 0 Å². The minimum Gasteiger partial charge on any atom is -0.383 e. The summed E-state index contributed by atoms with van der Waals surface area (Å²) in [6, 6.07) is 8.01. The number of benzene rings is 1. The summed E-state index contributed by atoms with van der Waals surface area (Å²) in [5.74, 6) is 0.836. The van der Waals surface area contributed by atoms with Crippen molar-refractivity contribution in [1.82, 2.24) is 9.55 Å². The van der Waals surface area contributed by atoms with E-state index in [1.54, 1.807) is 7.11 Å². The van der Waals surface area contributed by atoms with E-state index in [9.17, 15) is 0 Å². The number of ether oxygens (including phenoxy) is 1. The number of rotatable bonds is 5. The van der Waals surface area contributed by atoms with Gasteiger partial charge < -0.3 is 14.6 Å². The van der Waals surface area contributed by atoms with Gasteiger partial charge in [-0.25, -0.2) is 4.98 Å². The molecule has 0 aliphatic heterocycles. The maximum absolute atomic E-state index is 5.10. The molecular formula is C13H16BrN3O. The average Bonchev–Trinajstić information content (AvgIpc) is 2.67. The van der Waals surface area contributed by atoms with Gasteiger partial charge in [-0.05, 0) is 25.1 Å². The van der Waals surface area contributed by atoms with Gasteiger partial charge in [0.1, 0.15) is 0 Å². The highest BCUT2D eigenvalue weighted by molar-refractivity contribution is 9.10. The Labute approximate surface area is 115 Å². The maximum atomic E-state index is 5.10. The molecule has 0 saturated heterocycles. The molecule has 0 amide bonds. The van der Waals surface area contributed by atoms with E-state index in [1.807, 2.05) is 37.4 Å². The third-order valence-electron chi connectivity index (χ3n) is 2.51. The first-order valence-electron chi connectivity index (χ1n) is 5.74. The minimum atomic E-state index is 0.670. The average molecular weight is 310 g/mol. The molecule has 1 heterocycles. The van der Waals surface area contributed by atoms with Crippen LogP contribution in [0.1, 0.15) is 5.69 Å². The summed E-state index contributed by atoms with van der Waals surface area (Å²) in [6.45, 7) is 3.44. The number of imidazole rings is 1. The van der Waals surface area contributed by atoms with Gasteiger partial charge in [-0.1, -0.05) is 22.0 Å². The Bertz CT molecular complexity index is 525. The smallest absolute Gasteiger partial charge is 0.207 e. The van der Waals surface area contributed by atoms with Gasteiger partial charge in [0.2, 0.25) is 5.95 Å². The Hall–Kier alpha value is -1.33. The molecule has 1 aromatic carbocycles. The second-order valence-corrected chi connectivity index (χ2v) is 4.94. The lowest BCUT2D eigenvalue weighted by Crippen LogP contribution is -2.07. The van der Waals surface area contributed by atoms with Crippen molar-refractivity contribution in [1.29, 1.82) is 0 Å². The molecule has 18 heavy (non-hydrogen) atoms. The van der Waals surface area contributed by atoms with Crippen molar-refractivity contribution < 1.29 is 4.74 Å². The summed E-state index contributed by atoms with van der Waals surface area (Å²) in [6.07, 6.45) is 2.01. The van der Waals surface area contributed by atoms with E-state index in [2.05, 4.69) is 30.8 Å². The van der Waals surface area contributed by atoms with Crippen LogP contribution in [0.15, 0.2) is 34.9 Å². The highest BCUT2D eigenvalue weighted by Gasteiger charge is 2.05. The summed E-state index contributed by atoms with van der Waals surface area (Å²) in [7, 11) is 1.70. The van der Waals surface area contributed by atoms with Crippen LogP contribution in [0.25, 0.3) is 0 Å². The highest BCUT2D eigenvalue weighted by atomic mass is 79.9. The van der Waals surface area contributed by atoms with Crippen molar-refractivity contribution in [2.24, 2.45) is 0 Å². The summed E-state index contributed by atoms with van der Waals surface area (Å²) in [5, 5.41) is 3.31. The van der Waals surface area contributed by atoms with E-state index < -0.39 is 0 Å². The molecule has 1 N–H and O–H groups in total. The second kappa shape index (κ2) is 6.02. The lowest BCUT2D eigenvalue weighted by molar-refractivity contribution is 0.188. The van der Waals surface area contributed by atoms with Crippen LogP contribution in [0, 0.1) is 6.92 Å². The van der Waals surface area contributed by atoms with Crippen molar-refractivity contribution in [2.45, 2.75) is 13.5 Å². The van der Waals surface area contributed by atoms with Crippen molar-refractivity contribution in [3.63, 3.8) is 0 Å². The number of aromatic nitrogens is 2. The van der Waals surface area contributed by atoms with Gasteiger partial charge in [-0.15, -0.1) is 0 Å². The number of nitrogens with one attached hydrogen (secondary N) is 1. The predicted octanol–water partition coefficient (Wildman–Crippen LogP) is 3.34. The quantitative estimate of drug-likeness (QED) is 0.920. The van der Waals surface area contributed by atoms with Crippen LogP contribution in [-0.4, -0.2) is 23.3 Å². The standard InChI is InChI=1S/C13H16BrN3O/c1-10-9-17(6-7-18-2)13(15-10)16-12-5-3-4-11(14)8-12/h3-5,8-9H,6-7H2,1-2H3,(H,15,16). The van der Waals surface area contributed by atoms with Gasteiger partial charge in [-0.2, -0.15) is 0 Å². The van der Waals surface area contributed by atoms with E-state index in [0.717, 1.165) is 28.3 Å². The maximum Gasteiger partial charge on any atom is 0.207 e. The molecule has 96 valence electrons. The number of aryl methyl sites for hydroxylation is 1. The number of halogens is 1. The summed E-state index contributed by atoms with van der Waals surface area (Å²) in [5.41, 5.74) is 2.00. The van der Waals surface area contributed by atoms with Gasteiger partial charge in [-0.3, -0.25) is 0 Å². The molecular weight excluding hydrogens is 294 g/mol. The summed E-state index contributed by atoms with van der Waals surface area (Å²) < 4.78 is 8.19. The molecule has 0 radical (unpaired) electrons. The highest BCUT2D eigenvalue weighted by Crippen LogP contribution is 2.20. The Morgan fingerprint density at radius 1 is 1.44 bits per heavy atom. The first kappa shape index (κ1) is 13.1.